The van der Waals surface area contributed by atoms with Crippen molar-refractivity contribution < 1.29 is 35.8 Å². The van der Waals surface area contributed by atoms with Gasteiger partial charge in [-0.1, -0.05) is 30.9 Å². The molecule has 0 aliphatic heterocycles. The van der Waals surface area contributed by atoms with Crippen molar-refractivity contribution in [3.8, 4) is 22.5 Å². The van der Waals surface area contributed by atoms with Crippen molar-refractivity contribution in [2.24, 2.45) is 0 Å². The molecule has 4 nitrogen and oxygen atoms in total. The van der Waals surface area contributed by atoms with Gasteiger partial charge in [-0.2, -0.15) is 0 Å². The molecule has 0 saturated heterocycles. The third kappa shape index (κ3) is 7.20. The monoisotopic (exact) mass is 831 g/mol. The van der Waals surface area contributed by atoms with E-state index in [4.69, 9.17) is 11.3 Å². The Balaban J connectivity index is 0.000000216. The summed E-state index contributed by atoms with van der Waals surface area (Å²) in [6.07, 6.45) is 4.73. The maximum absolute atomic E-state index is 14.0. The van der Waals surface area contributed by atoms with Crippen molar-refractivity contribution in [2.45, 2.75) is 63.6 Å². The van der Waals surface area contributed by atoms with Gasteiger partial charge >= 0.3 is 131 Å². The number of furan rings is 1. The van der Waals surface area contributed by atoms with Crippen LogP contribution in [0, 0.1) is 24.8 Å². The summed E-state index contributed by atoms with van der Waals surface area (Å²) in [5, 5.41) is 1.82. The quantitative estimate of drug-likeness (QED) is 0.128. The second kappa shape index (κ2) is 13.8. The summed E-state index contributed by atoms with van der Waals surface area (Å²) in [5.41, 5.74) is 5.36. The zero-order valence-electron chi connectivity index (χ0n) is 30.9. The Morgan fingerprint density at radius 3 is 2.27 bits per heavy atom. The smallest absolute Gasteiger partial charge is 0 e. The summed E-state index contributed by atoms with van der Waals surface area (Å²) >= 11 is -2.14. The number of aromatic nitrogens is 3. The molecule has 0 saturated carbocycles. The van der Waals surface area contributed by atoms with Gasteiger partial charge in [-0.25, -0.2) is 9.37 Å². The normalized spacial score (nSPS) is 14.0. The molecule has 6 aromatic rings. The van der Waals surface area contributed by atoms with E-state index in [-0.39, 0.29) is 31.2 Å². The predicted molar refractivity (Wildman–Crippen MR) is 178 cm³/mol. The fourth-order valence-electron chi connectivity index (χ4n) is 4.92. The van der Waals surface area contributed by atoms with Crippen LogP contribution in [-0.2, 0) is 20.1 Å². The number of nitrogens with zero attached hydrogens (tertiary/aromatic N) is 3. The van der Waals surface area contributed by atoms with Crippen molar-refractivity contribution in [3.63, 3.8) is 0 Å². The molecule has 0 amide bonds. The van der Waals surface area contributed by atoms with Crippen LogP contribution >= 0.6 is 0 Å². The molecule has 4 aromatic heterocycles. The van der Waals surface area contributed by atoms with Gasteiger partial charge in [0.15, 0.2) is 0 Å². The van der Waals surface area contributed by atoms with Gasteiger partial charge in [0.2, 0.25) is 5.71 Å². The summed E-state index contributed by atoms with van der Waals surface area (Å²) in [4.78, 5) is 13.0. The summed E-state index contributed by atoms with van der Waals surface area (Å²) in [7, 11) is 0. The zero-order chi connectivity index (χ0) is 35.2. The van der Waals surface area contributed by atoms with Gasteiger partial charge in [-0.15, -0.1) is 18.2 Å². The Morgan fingerprint density at radius 2 is 1.61 bits per heavy atom. The van der Waals surface area contributed by atoms with E-state index in [0.717, 1.165) is 33.8 Å². The molecule has 6 rings (SSSR count). The maximum Gasteiger partial charge on any atom is 0 e. The van der Waals surface area contributed by atoms with E-state index in [9.17, 15) is 4.39 Å². The van der Waals surface area contributed by atoms with Crippen molar-refractivity contribution in [3.05, 3.63) is 108 Å². The van der Waals surface area contributed by atoms with Crippen LogP contribution < -0.4 is 4.40 Å². The SMILES string of the molecule is [2H]C(C)(C)c1cc(-c2[c-]ccc3c2oc2ncccc23)ncc1F.[2H]C([2H])([2H])c1c[c-]c(-c2cc(C([2H])(C)C)[c]([Ge]([CH3])([CH3])[CH3])cn2)cc1.[Ir]. The van der Waals surface area contributed by atoms with Crippen LogP contribution in [0.4, 0.5) is 4.39 Å². The van der Waals surface area contributed by atoms with Crippen LogP contribution in [0.2, 0.25) is 17.3 Å². The molecule has 229 valence electrons. The first-order chi connectivity index (χ1) is 22.2. The summed E-state index contributed by atoms with van der Waals surface area (Å²) < 4.78 is 60.1. The summed E-state index contributed by atoms with van der Waals surface area (Å²) in [6.45, 7) is 4.95. The minimum Gasteiger partial charge on any atom is 0 e. The number of pyridine rings is 3. The first-order valence-corrected chi connectivity index (χ1v) is 21.5. The van der Waals surface area contributed by atoms with Gasteiger partial charge in [0.05, 0.1) is 11.8 Å². The zero-order valence-corrected chi connectivity index (χ0v) is 30.4. The average Bonchev–Trinajstić information content (AvgIpc) is 3.39. The Morgan fingerprint density at radius 1 is 0.886 bits per heavy atom. The number of hydrogen-bond acceptors (Lipinski definition) is 4. The fraction of sp³-hybridized carbons (Fsp3) is 0.270. The molecular weight excluding hydrogens is 786 g/mol. The van der Waals surface area contributed by atoms with E-state index < -0.39 is 37.7 Å². The Kier molecular flexibility index (Phi) is 8.54. The number of hydrogen-bond donors (Lipinski definition) is 0. The predicted octanol–water partition coefficient (Wildman–Crippen LogP) is 9.63. The molecule has 0 fully saturated rings. The largest absolute Gasteiger partial charge is 0 e. The van der Waals surface area contributed by atoms with Crippen LogP contribution in [0.3, 0.4) is 0 Å². The molecule has 0 aliphatic carbocycles. The molecule has 0 N–H and O–H groups in total. The number of fused-ring (bicyclic) bond motifs is 3. The van der Waals surface area contributed by atoms with Crippen molar-refractivity contribution >= 4 is 39.7 Å². The molecule has 44 heavy (non-hydrogen) atoms. The van der Waals surface area contributed by atoms with Crippen LogP contribution in [0.1, 0.15) is 63.0 Å². The number of aryl methyl sites for hydroxylation is 1. The van der Waals surface area contributed by atoms with E-state index in [1.807, 2.05) is 44.3 Å². The van der Waals surface area contributed by atoms with Crippen LogP contribution in [0.25, 0.3) is 44.6 Å². The molecule has 4 heterocycles. The number of rotatable bonds is 5. The minimum absolute atomic E-state index is 0. The van der Waals surface area contributed by atoms with Gasteiger partial charge in [-0.3, -0.25) is 0 Å². The Bertz CT molecular complexity index is 2100. The fourth-order valence-corrected chi connectivity index (χ4v) is 8.24. The van der Waals surface area contributed by atoms with Crippen LogP contribution in [0.15, 0.2) is 77.6 Å². The summed E-state index contributed by atoms with van der Waals surface area (Å²) in [6, 6.07) is 22.0. The number of halogens is 1. The second-order valence-electron chi connectivity index (χ2n) is 12.0. The van der Waals surface area contributed by atoms with E-state index in [1.54, 1.807) is 44.3 Å². The molecule has 0 aliphatic rings. The van der Waals surface area contributed by atoms with Crippen molar-refractivity contribution in [2.75, 3.05) is 0 Å². The maximum atomic E-state index is 14.0. The molecule has 1 radical (unpaired) electrons. The van der Waals surface area contributed by atoms with Gasteiger partial charge in [0.25, 0.3) is 0 Å². The molecule has 0 spiro atoms. The van der Waals surface area contributed by atoms with E-state index >= 15 is 0 Å². The molecule has 0 bridgehead atoms. The Hall–Kier alpha value is -3.19. The first kappa shape index (κ1) is 27.1. The minimum atomic E-state index is -2.14. The molecule has 7 heteroatoms. The second-order valence-corrected chi connectivity index (χ2v) is 22.5. The number of benzene rings is 2. The van der Waals surface area contributed by atoms with Crippen LogP contribution in [0.5, 0.6) is 0 Å². The molecular formula is C37H38FGeIrN3O-2. The summed E-state index contributed by atoms with van der Waals surface area (Å²) in [5.74, 6) is 4.63. The van der Waals surface area contributed by atoms with E-state index in [1.165, 1.54) is 10.5 Å². The van der Waals surface area contributed by atoms with Crippen molar-refractivity contribution in [1.82, 2.24) is 15.0 Å². The third-order valence-electron chi connectivity index (χ3n) is 7.20. The van der Waals surface area contributed by atoms with Crippen LogP contribution in [-0.4, -0.2) is 28.2 Å². The van der Waals surface area contributed by atoms with Gasteiger partial charge in [0.1, 0.15) is 5.82 Å². The van der Waals surface area contributed by atoms with E-state index in [2.05, 4.69) is 44.4 Å². The first-order valence-electron chi connectivity index (χ1n) is 16.6. The van der Waals surface area contributed by atoms with Gasteiger partial charge in [0, 0.05) is 33.1 Å². The van der Waals surface area contributed by atoms with E-state index in [0.29, 0.717) is 22.6 Å². The van der Waals surface area contributed by atoms with Crippen molar-refractivity contribution in [1.29, 1.82) is 0 Å². The Labute approximate surface area is 283 Å². The topological polar surface area (TPSA) is 51.8 Å². The standard InChI is InChI=1S/C19H14FN2O.C18H24GeN.Ir/c1-11(2)15-9-17(22-10-16(15)20)14-6-3-5-12-13-7-4-8-21-19(13)23-18(12)14;1-13(2)16-11-18(15-9-7-14(3)8-10-15)20-12-17(16)19(4,5)6;/h3-5,7-11H,1-2H3;7-9,11-13H,1-6H3;/q2*-1;/i11D;3D3,13D;. The molecule has 0 atom stereocenters. The van der Waals surface area contributed by atoms with Gasteiger partial charge in [-0.05, 0) is 29.3 Å². The third-order valence-corrected chi connectivity index (χ3v) is 11.4. The average molecular weight is 830 g/mol. The molecule has 2 aromatic carbocycles. The molecule has 0 unspecified atom stereocenters. The van der Waals surface area contributed by atoms with Gasteiger partial charge < -0.3 is 9.40 Å².